The summed E-state index contributed by atoms with van der Waals surface area (Å²) in [4.78, 5) is 79.3. The molecule has 3 aliphatic rings. The molecule has 0 aromatic carbocycles. The second kappa shape index (κ2) is 22.3. The van der Waals surface area contributed by atoms with Gasteiger partial charge >= 0.3 is 17.7 Å². The van der Waals surface area contributed by atoms with Crippen molar-refractivity contribution in [2.24, 2.45) is 17.7 Å². The van der Waals surface area contributed by atoms with Crippen molar-refractivity contribution in [1.82, 2.24) is 59.6 Å². The van der Waals surface area contributed by atoms with Crippen molar-refractivity contribution in [3.8, 4) is 0 Å². The summed E-state index contributed by atoms with van der Waals surface area (Å²) < 4.78 is 268. The van der Waals surface area contributed by atoms with Gasteiger partial charge in [0, 0.05) is 106 Å². The van der Waals surface area contributed by atoms with Crippen molar-refractivity contribution in [1.29, 1.82) is 0 Å². The van der Waals surface area contributed by atoms with Crippen molar-refractivity contribution in [2.75, 3.05) is 94.5 Å². The Morgan fingerprint density at radius 2 is 0.986 bits per heavy atom. The highest BCUT2D eigenvalue weighted by Crippen LogP contribution is 2.31. The van der Waals surface area contributed by atoms with E-state index >= 15 is 0 Å². The lowest BCUT2D eigenvalue weighted by Gasteiger charge is -2.41. The average Bonchev–Trinajstić information content (AvgIpc) is 1.40. The molecule has 3 amide bonds. The Balaban J connectivity index is 0.000000213. The molecule has 69 heavy (non-hydrogen) atoms. The summed E-state index contributed by atoms with van der Waals surface area (Å²) in [7, 11) is 3.13. The minimum atomic E-state index is -3.89. The Labute approximate surface area is 446 Å². The monoisotopic (exact) mass is 969 g/mol. The lowest BCUT2D eigenvalue weighted by molar-refractivity contribution is -0.131. The summed E-state index contributed by atoms with van der Waals surface area (Å²) in [5.41, 5.74) is 0.319. The summed E-state index contributed by atoms with van der Waals surface area (Å²) >= 11 is 0. The Morgan fingerprint density at radius 1 is 0.623 bits per heavy atom. The Kier molecular flexibility index (Phi) is 7.27. The maximum absolute atomic E-state index is 12.8. The predicted molar refractivity (Wildman–Crippen MR) is 264 cm³/mol. The number of nitrogens with zero attached hydrogens (tertiary/aromatic N) is 15. The molecule has 3 N–H and O–H groups in total. The van der Waals surface area contributed by atoms with Crippen molar-refractivity contribution in [3.63, 3.8) is 0 Å². The van der Waals surface area contributed by atoms with Gasteiger partial charge in [-0.2, -0.15) is 0 Å². The van der Waals surface area contributed by atoms with Crippen LogP contribution in [0.2, 0.25) is 0 Å². The van der Waals surface area contributed by atoms with Crippen molar-refractivity contribution in [2.45, 2.75) is 57.8 Å². The number of rotatable bonds is 9. The number of hydrogen-bond acceptors (Lipinski definition) is 12. The number of H-pyrrole nitrogens is 3. The molecule has 0 radical (unpaired) electrons. The lowest BCUT2D eigenvalue weighted by atomic mass is 9.92. The van der Waals surface area contributed by atoms with Gasteiger partial charge in [-0.3, -0.25) is 14.4 Å². The summed E-state index contributed by atoms with van der Waals surface area (Å²) in [6.07, 6.45) is -8.11. The van der Waals surface area contributed by atoms with E-state index in [-0.39, 0.29) is 59.4 Å². The molecule has 21 heteroatoms. The minimum absolute atomic E-state index is 0.0376. The zero-order chi connectivity index (χ0) is 77.6. The number of amides is 3. The van der Waals surface area contributed by atoms with Crippen molar-refractivity contribution >= 4 is 68.3 Å². The topological polar surface area (TPSA) is 208 Å². The van der Waals surface area contributed by atoms with Crippen molar-refractivity contribution in [3.05, 3.63) is 90.0 Å². The van der Waals surface area contributed by atoms with E-state index in [9.17, 15) is 14.4 Å². The van der Waals surface area contributed by atoms with Gasteiger partial charge in [0.2, 0.25) is 0 Å². The molecular weight excluding hydrogens is 877 g/mol. The van der Waals surface area contributed by atoms with E-state index in [4.69, 9.17) is 63.6 Å². The summed E-state index contributed by atoms with van der Waals surface area (Å²) in [6.45, 7) is -10.0. The second-order valence-corrected chi connectivity index (χ2v) is 14.1. The van der Waals surface area contributed by atoms with Crippen LogP contribution in [0.3, 0.4) is 0 Å². The number of fused-ring (bicyclic) bond motifs is 3. The van der Waals surface area contributed by atoms with Crippen LogP contribution >= 0.6 is 0 Å². The summed E-state index contributed by atoms with van der Waals surface area (Å²) in [5, 5.41) is 0.459. The molecule has 0 aliphatic carbocycles. The molecule has 9 rings (SSSR count). The van der Waals surface area contributed by atoms with Crippen LogP contribution in [0.1, 0.15) is 83.6 Å². The molecule has 3 fully saturated rings. The van der Waals surface area contributed by atoms with Gasteiger partial charge in [-0.1, -0.05) is 20.6 Å². The third kappa shape index (κ3) is 11.0. The molecule has 3 aliphatic heterocycles. The van der Waals surface area contributed by atoms with E-state index in [1.807, 2.05) is 0 Å². The largest absolute Gasteiger partial charge is 0.354 e. The number of likely N-dealkylation sites (N-methyl/N-ethyl adjacent to an activating group) is 3. The third-order valence-electron chi connectivity index (χ3n) is 9.72. The van der Waals surface area contributed by atoms with E-state index in [1.54, 1.807) is 0 Å². The fraction of sp³-hybridized carbons (Fsp3) is 0.500. The fourth-order valence-electron chi connectivity index (χ4n) is 6.35. The van der Waals surface area contributed by atoms with Crippen LogP contribution in [0, 0.1) is 37.4 Å². The molecular formula is C48H60N18O3. The molecule has 0 spiro atoms. The standard InChI is InChI=1S/3C16H20N6O/c3*1-11-5-7-22(14(23)8-17-2)9-13(11)21(3)16-12-4-6-18-15(12)19-10-20-16/h3*4,6,10-11,13H,5,7-9H2,1,3H3,(H,18,19,20)/t3*11-,13+/m111/s1/i1D3,5D2,7D2,9D2,10D,11D,13D;5D2,7D2,9D2,10D,11D,13D;1D3,5D2,7D2,9D2,10D,13D. The predicted octanol–water partition coefficient (Wildman–Crippen LogP) is 4.65. The van der Waals surface area contributed by atoms with Gasteiger partial charge in [0.25, 0.3) is 19.6 Å². The Morgan fingerprint density at radius 3 is 1.38 bits per heavy atom. The quantitative estimate of drug-likeness (QED) is 0.169. The number of nitrogens with one attached hydrogen (secondary N) is 3. The summed E-state index contributed by atoms with van der Waals surface area (Å²) in [6, 6.07) is -5.54. The molecule has 0 unspecified atom stereocenters. The van der Waals surface area contributed by atoms with Gasteiger partial charge in [-0.05, 0) is 55.0 Å². The zero-order valence-corrected chi connectivity index (χ0v) is 36.6. The molecule has 6 atom stereocenters. The molecule has 9 heterocycles. The number of anilines is 3. The van der Waals surface area contributed by atoms with Crippen LogP contribution < -0.4 is 14.7 Å². The molecule has 6 aromatic rings. The minimum Gasteiger partial charge on any atom is -0.354 e. The first-order chi connectivity index (χ1) is 45.6. The van der Waals surface area contributed by atoms with Crippen LogP contribution in [-0.4, -0.2) is 175 Å². The zero-order valence-electron chi connectivity index (χ0n) is 68.6. The SMILES string of the molecule is [2H]c1nc(N(C)[C@@]2([2H])C([2H])([2H])N(C(=O)C[N+]#[C-])C([2H])([2H])C([2H])([2H])[C@@]2([2H])C([2H])([2H])[2H])c2cc[nH]c2n1.[2H]c1nc(N(C)[C@@]2([2H])C([2H])([2H])N(C(=O)C[N+]#[C-])C([2H])([2H])C([2H])([2H])[C@@]2([2H])C)c2cc[nH]c2n1.[2H]c1nc(N(C)[C@]2([2H])[C@H](C([2H])([2H])[2H])C([2H])([2H])C([2H])([2H])N(C(=O)C[N+]#[C-])C2([2H])[2H])c2cc[nH]c2n1. The smallest absolute Gasteiger partial charge is 0.302 e. The van der Waals surface area contributed by atoms with E-state index in [0.717, 1.165) is 33.0 Å². The van der Waals surface area contributed by atoms with Gasteiger partial charge in [0.1, 0.15) is 57.4 Å². The number of carbonyl (C=O) groups is 3. The maximum atomic E-state index is 12.8. The maximum Gasteiger partial charge on any atom is 0.302 e. The van der Waals surface area contributed by atoms with Gasteiger partial charge in [-0.15, -0.1) is 0 Å². The number of likely N-dealkylation sites (tertiary alicyclic amines) is 3. The Bertz CT molecular complexity index is 4390. The molecule has 21 nitrogen and oxygen atoms in total. The van der Waals surface area contributed by atoms with Crippen LogP contribution in [0.5, 0.6) is 0 Å². The number of carbonyl (C=O) groups excluding carboxylic acids is 3. The van der Waals surface area contributed by atoms with Crippen LogP contribution in [-0.2, 0) is 14.4 Å². The third-order valence-corrected chi connectivity index (χ3v) is 9.72. The summed E-state index contributed by atoms with van der Waals surface area (Å²) in [5.74, 6) is -14.7. The van der Waals surface area contributed by atoms with Crippen molar-refractivity contribution < 1.29 is 58.2 Å². The highest BCUT2D eigenvalue weighted by atomic mass is 16.2. The number of piperidine rings is 3. The average molecular weight is 969 g/mol. The van der Waals surface area contributed by atoms with Gasteiger partial charge in [-0.25, -0.2) is 49.6 Å². The number of aromatic amines is 3. The second-order valence-electron chi connectivity index (χ2n) is 14.1. The molecule has 3 saturated heterocycles. The normalized spacial score (nSPS) is 40.2. The first kappa shape index (κ1) is 22.5. The fourth-order valence-corrected chi connectivity index (χ4v) is 6.35. The van der Waals surface area contributed by atoms with Crippen LogP contribution in [0.4, 0.5) is 17.5 Å². The van der Waals surface area contributed by atoms with E-state index < -0.39 is 170 Å². The molecule has 360 valence electrons. The van der Waals surface area contributed by atoms with E-state index in [2.05, 4.69) is 59.4 Å². The lowest BCUT2D eigenvalue weighted by Crippen LogP contribution is -2.53. The van der Waals surface area contributed by atoms with Gasteiger partial charge in [0.05, 0.1) is 46.5 Å². The van der Waals surface area contributed by atoms with Crippen LogP contribution in [0.15, 0.2) is 55.7 Å². The molecule has 0 saturated carbocycles. The molecule has 6 aromatic heterocycles. The van der Waals surface area contributed by atoms with E-state index in [0.29, 0.717) is 9.80 Å². The highest BCUT2D eigenvalue weighted by Gasteiger charge is 2.36. The first-order valence-electron chi connectivity index (χ1n) is 35.8. The van der Waals surface area contributed by atoms with Gasteiger partial charge < -0.3 is 58.9 Å². The Hall–Kier alpha value is -7.86. The van der Waals surface area contributed by atoms with Crippen LogP contribution in [0.25, 0.3) is 47.6 Å². The van der Waals surface area contributed by atoms with Gasteiger partial charge in [0.15, 0.2) is 0 Å². The molecule has 0 bridgehead atoms. The highest BCUT2D eigenvalue weighted by molar-refractivity contribution is 5.89. The first-order valence-corrected chi connectivity index (χ1v) is 19.8. The van der Waals surface area contributed by atoms with E-state index in [1.165, 1.54) is 36.8 Å². The number of aromatic nitrogens is 9. The number of hydrogen-bond donors (Lipinski definition) is 3.